The van der Waals surface area contributed by atoms with Crippen molar-refractivity contribution in [3.8, 4) is 5.75 Å². The first-order chi connectivity index (χ1) is 10.6. The highest BCUT2D eigenvalue weighted by Crippen LogP contribution is 2.15. The van der Waals surface area contributed by atoms with Crippen LogP contribution < -0.4 is 4.74 Å². The number of carbonyl (C=O) groups is 1. The Morgan fingerprint density at radius 1 is 1.18 bits per heavy atom. The summed E-state index contributed by atoms with van der Waals surface area (Å²) in [5, 5.41) is 8.04. The molecule has 0 spiro atoms. The average molecular weight is 302 g/mol. The molecule has 22 heavy (non-hydrogen) atoms. The molecule has 0 aliphatic rings. The number of rotatable bonds is 6. The largest absolute Gasteiger partial charge is 0.486 e. The summed E-state index contributed by atoms with van der Waals surface area (Å²) in [5.74, 6) is 2.36. The highest BCUT2D eigenvalue weighted by atomic mass is 16.5. The van der Waals surface area contributed by atoms with Gasteiger partial charge in [-0.05, 0) is 45.0 Å². The van der Waals surface area contributed by atoms with Gasteiger partial charge in [-0.3, -0.25) is 4.79 Å². The predicted octanol–water partition coefficient (Wildman–Crippen LogP) is 2.18. The maximum Gasteiger partial charge on any atom is 0.253 e. The van der Waals surface area contributed by atoms with Gasteiger partial charge in [-0.25, -0.2) is 0 Å². The van der Waals surface area contributed by atoms with Crippen LogP contribution in [0.5, 0.6) is 5.75 Å². The fraction of sp³-hybridized carbons (Fsp3) is 0.438. The lowest BCUT2D eigenvalue weighted by molar-refractivity contribution is 0.0773. The van der Waals surface area contributed by atoms with E-state index in [-0.39, 0.29) is 5.91 Å². The van der Waals surface area contributed by atoms with E-state index < -0.39 is 0 Å². The maximum atomic E-state index is 12.2. The molecule has 6 heteroatoms. The molecule has 118 valence electrons. The molecule has 2 aromatic rings. The molecular weight excluding hydrogens is 280 g/mol. The molecule has 0 N–H and O–H groups in total. The minimum absolute atomic E-state index is 0.0421. The number of benzene rings is 1. The quantitative estimate of drug-likeness (QED) is 0.820. The van der Waals surface area contributed by atoms with Gasteiger partial charge >= 0.3 is 0 Å². The normalized spacial score (nSPS) is 10.5. The van der Waals surface area contributed by atoms with Crippen LogP contribution in [-0.4, -0.2) is 38.7 Å². The topological polar surface area (TPSA) is 60.3 Å². The van der Waals surface area contributed by atoms with Crippen molar-refractivity contribution in [2.45, 2.75) is 27.4 Å². The standard InChI is InChI=1S/C16H22N4O2/c1-5-20(6-2)16(21)13-7-9-14(10-8-13)22-11-15-18-17-12(3)19(15)4/h7-10H,5-6,11H2,1-4H3. The molecule has 1 heterocycles. The molecule has 0 saturated carbocycles. The third kappa shape index (κ3) is 3.44. The molecule has 1 aromatic heterocycles. The molecule has 0 saturated heterocycles. The smallest absolute Gasteiger partial charge is 0.253 e. The van der Waals surface area contributed by atoms with Gasteiger partial charge in [0.05, 0.1) is 0 Å². The van der Waals surface area contributed by atoms with Crippen molar-refractivity contribution in [1.82, 2.24) is 19.7 Å². The number of hydrogen-bond donors (Lipinski definition) is 0. The van der Waals surface area contributed by atoms with E-state index in [4.69, 9.17) is 4.74 Å². The maximum absolute atomic E-state index is 12.2. The number of aromatic nitrogens is 3. The summed E-state index contributed by atoms with van der Waals surface area (Å²) < 4.78 is 7.57. The van der Waals surface area contributed by atoms with Crippen molar-refractivity contribution < 1.29 is 9.53 Å². The van der Waals surface area contributed by atoms with Crippen LogP contribution in [0.4, 0.5) is 0 Å². The number of aryl methyl sites for hydroxylation is 1. The second-order valence-electron chi connectivity index (χ2n) is 5.01. The number of carbonyl (C=O) groups excluding carboxylic acids is 1. The van der Waals surface area contributed by atoms with Crippen LogP contribution in [0.15, 0.2) is 24.3 Å². The average Bonchev–Trinajstić information content (AvgIpc) is 2.86. The van der Waals surface area contributed by atoms with Crippen LogP contribution >= 0.6 is 0 Å². The minimum atomic E-state index is 0.0421. The highest BCUT2D eigenvalue weighted by molar-refractivity contribution is 5.94. The molecular formula is C16H22N4O2. The van der Waals surface area contributed by atoms with E-state index in [1.54, 1.807) is 29.2 Å². The van der Waals surface area contributed by atoms with E-state index in [9.17, 15) is 4.79 Å². The molecule has 2 rings (SSSR count). The molecule has 6 nitrogen and oxygen atoms in total. The Hall–Kier alpha value is -2.37. The zero-order chi connectivity index (χ0) is 16.1. The van der Waals surface area contributed by atoms with E-state index in [1.807, 2.05) is 32.4 Å². The zero-order valence-corrected chi connectivity index (χ0v) is 13.5. The molecule has 0 aliphatic carbocycles. The van der Waals surface area contributed by atoms with Crippen molar-refractivity contribution in [1.29, 1.82) is 0 Å². The van der Waals surface area contributed by atoms with Crippen LogP contribution in [0.2, 0.25) is 0 Å². The Morgan fingerprint density at radius 2 is 1.82 bits per heavy atom. The highest BCUT2D eigenvalue weighted by Gasteiger charge is 2.12. The van der Waals surface area contributed by atoms with E-state index >= 15 is 0 Å². The number of hydrogen-bond acceptors (Lipinski definition) is 4. The Kier molecular flexibility index (Phi) is 5.14. The van der Waals surface area contributed by atoms with Crippen LogP contribution in [0.25, 0.3) is 0 Å². The third-order valence-electron chi connectivity index (χ3n) is 3.70. The summed E-state index contributed by atoms with van der Waals surface area (Å²) in [7, 11) is 1.90. The lowest BCUT2D eigenvalue weighted by Crippen LogP contribution is -2.30. The van der Waals surface area contributed by atoms with Gasteiger partial charge in [0.15, 0.2) is 5.82 Å². The fourth-order valence-corrected chi connectivity index (χ4v) is 2.11. The first-order valence-corrected chi connectivity index (χ1v) is 7.43. The van der Waals surface area contributed by atoms with Crippen molar-refractivity contribution in [3.05, 3.63) is 41.5 Å². The van der Waals surface area contributed by atoms with Crippen LogP contribution in [0.1, 0.15) is 35.9 Å². The summed E-state index contributed by atoms with van der Waals surface area (Å²) in [6, 6.07) is 7.19. The molecule has 0 atom stereocenters. The fourth-order valence-electron chi connectivity index (χ4n) is 2.11. The number of nitrogens with zero attached hydrogens (tertiary/aromatic N) is 4. The second kappa shape index (κ2) is 7.06. The third-order valence-corrected chi connectivity index (χ3v) is 3.70. The summed E-state index contributed by atoms with van der Waals surface area (Å²) in [6.45, 7) is 7.60. The van der Waals surface area contributed by atoms with Crippen LogP contribution in [0, 0.1) is 6.92 Å². The van der Waals surface area contributed by atoms with Gasteiger partial charge in [0.2, 0.25) is 0 Å². The van der Waals surface area contributed by atoms with E-state index in [1.165, 1.54) is 0 Å². The van der Waals surface area contributed by atoms with Gasteiger partial charge in [-0.2, -0.15) is 0 Å². The van der Waals surface area contributed by atoms with Crippen molar-refractivity contribution in [2.75, 3.05) is 13.1 Å². The minimum Gasteiger partial charge on any atom is -0.486 e. The van der Waals surface area contributed by atoms with Gasteiger partial charge in [0.1, 0.15) is 18.2 Å². The Morgan fingerprint density at radius 3 is 2.32 bits per heavy atom. The molecule has 0 unspecified atom stereocenters. The Balaban J connectivity index is 2.00. The van der Waals surface area contributed by atoms with Crippen molar-refractivity contribution in [2.24, 2.45) is 7.05 Å². The van der Waals surface area contributed by atoms with Gasteiger partial charge in [0.25, 0.3) is 5.91 Å². The lowest BCUT2D eigenvalue weighted by atomic mass is 10.2. The molecule has 1 amide bonds. The second-order valence-corrected chi connectivity index (χ2v) is 5.01. The summed E-state index contributed by atoms with van der Waals surface area (Å²) >= 11 is 0. The van der Waals surface area contributed by atoms with E-state index in [0.29, 0.717) is 31.0 Å². The number of ether oxygens (including phenoxy) is 1. The molecule has 0 fully saturated rings. The van der Waals surface area contributed by atoms with E-state index in [2.05, 4.69) is 10.2 Å². The van der Waals surface area contributed by atoms with Crippen molar-refractivity contribution in [3.63, 3.8) is 0 Å². The molecule has 0 aliphatic heterocycles. The first kappa shape index (κ1) is 16.0. The van der Waals surface area contributed by atoms with Gasteiger partial charge in [-0.15, -0.1) is 10.2 Å². The van der Waals surface area contributed by atoms with Gasteiger partial charge in [-0.1, -0.05) is 0 Å². The Labute approximate surface area is 130 Å². The van der Waals surface area contributed by atoms with Crippen LogP contribution in [-0.2, 0) is 13.7 Å². The molecule has 0 radical (unpaired) electrons. The molecule has 0 bridgehead atoms. The first-order valence-electron chi connectivity index (χ1n) is 7.43. The predicted molar refractivity (Wildman–Crippen MR) is 83.8 cm³/mol. The van der Waals surface area contributed by atoms with Crippen molar-refractivity contribution >= 4 is 5.91 Å². The summed E-state index contributed by atoms with van der Waals surface area (Å²) in [4.78, 5) is 14.0. The summed E-state index contributed by atoms with van der Waals surface area (Å²) in [5.41, 5.74) is 0.672. The monoisotopic (exact) mass is 302 g/mol. The SMILES string of the molecule is CCN(CC)C(=O)c1ccc(OCc2nnc(C)n2C)cc1. The zero-order valence-electron chi connectivity index (χ0n) is 13.5. The lowest BCUT2D eigenvalue weighted by Gasteiger charge is -2.18. The summed E-state index contributed by atoms with van der Waals surface area (Å²) in [6.07, 6.45) is 0. The Bertz CT molecular complexity index is 630. The number of amides is 1. The van der Waals surface area contributed by atoms with Gasteiger partial charge in [0, 0.05) is 25.7 Å². The van der Waals surface area contributed by atoms with Gasteiger partial charge < -0.3 is 14.2 Å². The van der Waals surface area contributed by atoms with Crippen LogP contribution in [0.3, 0.4) is 0 Å². The van der Waals surface area contributed by atoms with E-state index in [0.717, 1.165) is 11.6 Å². The molecule has 1 aromatic carbocycles.